The van der Waals surface area contributed by atoms with E-state index in [2.05, 4.69) is 20.7 Å². The van der Waals surface area contributed by atoms with Crippen LogP contribution in [0.25, 0.3) is 0 Å². The van der Waals surface area contributed by atoms with Crippen molar-refractivity contribution in [3.63, 3.8) is 0 Å². The van der Waals surface area contributed by atoms with E-state index in [0.29, 0.717) is 6.20 Å². The smallest absolute Gasteiger partial charge is 0.502 e. The molecule has 0 aliphatic rings. The maximum atomic E-state index is 11.7. The molecule has 0 spiro atoms. The predicted molar refractivity (Wildman–Crippen MR) is 43.1 cm³/mol. The fourth-order valence-corrected chi connectivity index (χ4v) is 1.05. The van der Waals surface area contributed by atoms with Gasteiger partial charge in [-0.2, -0.15) is 0 Å². The molecule has 0 saturated carbocycles. The maximum absolute atomic E-state index is 11.7. The number of hydrogen-bond acceptors (Lipinski definition) is 3. The molecular formula is C6H3BrF3NO3. The predicted octanol–water partition coefficient (Wildman–Crippen LogP) is 1.74. The van der Waals surface area contributed by atoms with Crippen LogP contribution in [0.3, 0.4) is 0 Å². The number of aromatic amines is 1. The molecule has 0 fully saturated rings. The zero-order valence-electron chi connectivity index (χ0n) is 6.35. The Morgan fingerprint density at radius 3 is 2.57 bits per heavy atom. The molecule has 2 N–H and O–H groups in total. The first-order valence-corrected chi connectivity index (χ1v) is 3.96. The lowest BCUT2D eigenvalue weighted by atomic mass is 10.4. The third-order valence-electron chi connectivity index (χ3n) is 1.20. The monoisotopic (exact) mass is 273 g/mol. The number of hydrogen-bond donors (Lipinski definition) is 2. The first kappa shape index (κ1) is 10.9. The summed E-state index contributed by atoms with van der Waals surface area (Å²) < 4.78 is 38.3. The Labute approximate surface area is 83.4 Å². The van der Waals surface area contributed by atoms with Crippen LogP contribution in [0.4, 0.5) is 13.2 Å². The topological polar surface area (TPSA) is 62.3 Å². The molecule has 1 aromatic rings. The van der Waals surface area contributed by atoms with Gasteiger partial charge in [0.2, 0.25) is 0 Å². The van der Waals surface area contributed by atoms with Crippen LogP contribution in [0.2, 0.25) is 0 Å². The van der Waals surface area contributed by atoms with Gasteiger partial charge in [-0.1, -0.05) is 0 Å². The van der Waals surface area contributed by atoms with Crippen molar-refractivity contribution in [1.29, 1.82) is 0 Å². The van der Waals surface area contributed by atoms with Crippen LogP contribution in [-0.4, -0.2) is 16.5 Å². The van der Waals surface area contributed by atoms with Crippen LogP contribution in [0, 0.1) is 0 Å². The standard InChI is InChI=1S/C6H3BrF3NO3/c7-3-2(14-6(8,9)10)1-11-5(13)4(3)12/h1,12H,(H,11,13). The summed E-state index contributed by atoms with van der Waals surface area (Å²) in [6, 6.07) is 0. The van der Waals surface area contributed by atoms with Crippen molar-refractivity contribution < 1.29 is 23.0 Å². The Balaban J connectivity index is 3.13. The van der Waals surface area contributed by atoms with Gasteiger partial charge in [-0.05, 0) is 15.9 Å². The molecule has 1 aromatic heterocycles. The number of H-pyrrole nitrogens is 1. The van der Waals surface area contributed by atoms with Crippen molar-refractivity contribution in [3.05, 3.63) is 21.0 Å². The van der Waals surface area contributed by atoms with Gasteiger partial charge < -0.3 is 14.8 Å². The highest BCUT2D eigenvalue weighted by Gasteiger charge is 2.32. The minimum absolute atomic E-state index is 0.446. The molecule has 0 bridgehead atoms. The molecule has 78 valence electrons. The first-order valence-electron chi connectivity index (χ1n) is 3.17. The quantitative estimate of drug-likeness (QED) is 0.819. The van der Waals surface area contributed by atoms with Crippen LogP contribution in [0.1, 0.15) is 0 Å². The van der Waals surface area contributed by atoms with Gasteiger partial charge in [0.15, 0.2) is 11.5 Å². The molecule has 8 heteroatoms. The summed E-state index contributed by atoms with van der Waals surface area (Å²) in [5, 5.41) is 8.95. The molecule has 0 unspecified atom stereocenters. The van der Waals surface area contributed by atoms with Crippen molar-refractivity contribution in [3.8, 4) is 11.5 Å². The molecule has 4 nitrogen and oxygen atoms in total. The Hall–Kier alpha value is -1.18. The number of aromatic nitrogens is 1. The average Bonchev–Trinajstić information content (AvgIpc) is 2.04. The molecule has 0 aromatic carbocycles. The second-order valence-electron chi connectivity index (χ2n) is 2.19. The summed E-state index contributed by atoms with van der Waals surface area (Å²) in [6.45, 7) is 0. The van der Waals surface area contributed by atoms with Gasteiger partial charge in [0, 0.05) is 6.20 Å². The average molecular weight is 274 g/mol. The number of halogens is 4. The fraction of sp³-hybridized carbons (Fsp3) is 0.167. The van der Waals surface area contributed by atoms with Crippen molar-refractivity contribution in [2.75, 3.05) is 0 Å². The molecule has 0 aliphatic heterocycles. The lowest BCUT2D eigenvalue weighted by molar-refractivity contribution is -0.275. The summed E-state index contributed by atoms with van der Waals surface area (Å²) in [5.74, 6) is -1.58. The highest BCUT2D eigenvalue weighted by atomic mass is 79.9. The van der Waals surface area contributed by atoms with Crippen LogP contribution in [-0.2, 0) is 0 Å². The number of rotatable bonds is 1. The summed E-state index contributed by atoms with van der Waals surface area (Å²) in [4.78, 5) is 12.6. The summed E-state index contributed by atoms with van der Waals surface area (Å²) >= 11 is 2.59. The maximum Gasteiger partial charge on any atom is 0.573 e. The van der Waals surface area contributed by atoms with Crippen LogP contribution >= 0.6 is 15.9 Å². The molecular weight excluding hydrogens is 271 g/mol. The fourth-order valence-electron chi connectivity index (χ4n) is 0.678. The van der Waals surface area contributed by atoms with Gasteiger partial charge in [0.25, 0.3) is 5.56 Å². The molecule has 0 amide bonds. The van der Waals surface area contributed by atoms with Crippen LogP contribution in [0.5, 0.6) is 11.5 Å². The third kappa shape index (κ3) is 2.41. The van der Waals surface area contributed by atoms with Gasteiger partial charge >= 0.3 is 6.36 Å². The highest BCUT2D eigenvalue weighted by Crippen LogP contribution is 2.33. The number of aromatic hydroxyl groups is 1. The van der Waals surface area contributed by atoms with Crippen molar-refractivity contribution >= 4 is 15.9 Å². The Morgan fingerprint density at radius 2 is 2.07 bits per heavy atom. The lowest BCUT2D eigenvalue weighted by Gasteiger charge is -2.10. The van der Waals surface area contributed by atoms with E-state index in [0.717, 1.165) is 0 Å². The van der Waals surface area contributed by atoms with Crippen LogP contribution in [0.15, 0.2) is 15.5 Å². The Bertz CT molecular complexity index is 400. The first-order chi connectivity index (χ1) is 6.31. The molecule has 0 saturated heterocycles. The number of pyridine rings is 1. The van der Waals surface area contributed by atoms with Gasteiger partial charge in [0.05, 0.1) is 0 Å². The normalized spacial score (nSPS) is 11.4. The lowest BCUT2D eigenvalue weighted by Crippen LogP contribution is -2.18. The molecule has 1 heterocycles. The number of ether oxygens (including phenoxy) is 1. The van der Waals surface area contributed by atoms with Crippen molar-refractivity contribution in [2.24, 2.45) is 0 Å². The van der Waals surface area contributed by atoms with E-state index in [1.807, 2.05) is 4.98 Å². The second-order valence-corrected chi connectivity index (χ2v) is 2.99. The van der Waals surface area contributed by atoms with Gasteiger partial charge in [-0.3, -0.25) is 4.79 Å². The molecule has 0 atom stereocenters. The molecule has 14 heavy (non-hydrogen) atoms. The number of alkyl halides is 3. The van der Waals surface area contributed by atoms with E-state index >= 15 is 0 Å². The molecule has 0 aliphatic carbocycles. The Morgan fingerprint density at radius 1 is 1.50 bits per heavy atom. The minimum Gasteiger partial charge on any atom is -0.502 e. The SMILES string of the molecule is O=c1[nH]cc(OC(F)(F)F)c(Br)c1O. The molecule has 1 rings (SSSR count). The number of nitrogens with one attached hydrogen (secondary N) is 1. The van der Waals surface area contributed by atoms with Gasteiger partial charge in [0.1, 0.15) is 4.47 Å². The van der Waals surface area contributed by atoms with E-state index in [-0.39, 0.29) is 0 Å². The minimum atomic E-state index is -4.88. The third-order valence-corrected chi connectivity index (χ3v) is 1.97. The second kappa shape index (κ2) is 3.52. The summed E-state index contributed by atoms with van der Waals surface area (Å²) in [5.41, 5.74) is -0.911. The summed E-state index contributed by atoms with van der Waals surface area (Å²) in [7, 11) is 0. The van der Waals surface area contributed by atoms with Crippen molar-refractivity contribution in [2.45, 2.75) is 6.36 Å². The Kier molecular flexibility index (Phi) is 2.74. The van der Waals surface area contributed by atoms with E-state index in [4.69, 9.17) is 5.11 Å². The zero-order valence-corrected chi connectivity index (χ0v) is 7.94. The van der Waals surface area contributed by atoms with Gasteiger partial charge in [-0.15, -0.1) is 13.2 Å². The van der Waals surface area contributed by atoms with E-state index < -0.39 is 27.9 Å². The highest BCUT2D eigenvalue weighted by molar-refractivity contribution is 9.10. The van der Waals surface area contributed by atoms with E-state index in [1.54, 1.807) is 0 Å². The van der Waals surface area contributed by atoms with E-state index in [1.165, 1.54) is 0 Å². The molecule has 0 radical (unpaired) electrons. The van der Waals surface area contributed by atoms with Crippen LogP contribution < -0.4 is 10.3 Å². The van der Waals surface area contributed by atoms with Crippen molar-refractivity contribution in [1.82, 2.24) is 4.98 Å². The zero-order chi connectivity index (χ0) is 10.9. The summed E-state index contributed by atoms with van der Waals surface area (Å²) in [6.07, 6.45) is -4.19. The van der Waals surface area contributed by atoms with E-state index in [9.17, 15) is 18.0 Å². The largest absolute Gasteiger partial charge is 0.573 e. The van der Waals surface area contributed by atoms with Gasteiger partial charge in [-0.25, -0.2) is 0 Å².